The van der Waals surface area contributed by atoms with Crippen molar-refractivity contribution in [1.82, 2.24) is 9.80 Å². The average Bonchev–Trinajstić information content (AvgIpc) is 2.66. The van der Waals surface area contributed by atoms with Crippen LogP contribution in [0.5, 0.6) is 0 Å². The molecular formula is C14H25N3. The zero-order chi connectivity index (χ0) is 12.1. The normalized spacial score (nSPS) is 28.2. The summed E-state index contributed by atoms with van der Waals surface area (Å²) in [5.41, 5.74) is 0. The van der Waals surface area contributed by atoms with Crippen LogP contribution < -0.4 is 0 Å². The van der Waals surface area contributed by atoms with Gasteiger partial charge in [-0.3, -0.25) is 9.80 Å². The van der Waals surface area contributed by atoms with Crippen LogP contribution in [-0.2, 0) is 0 Å². The van der Waals surface area contributed by atoms with Crippen molar-refractivity contribution in [2.24, 2.45) is 0 Å². The zero-order valence-corrected chi connectivity index (χ0v) is 11.1. The number of nitriles is 1. The monoisotopic (exact) mass is 235 g/mol. The Hall–Kier alpha value is -0.590. The van der Waals surface area contributed by atoms with Gasteiger partial charge in [-0.15, -0.1) is 0 Å². The summed E-state index contributed by atoms with van der Waals surface area (Å²) < 4.78 is 0. The van der Waals surface area contributed by atoms with E-state index in [1.54, 1.807) is 0 Å². The van der Waals surface area contributed by atoms with E-state index in [0.717, 1.165) is 6.04 Å². The first-order valence-corrected chi connectivity index (χ1v) is 7.12. The van der Waals surface area contributed by atoms with Gasteiger partial charge in [0.2, 0.25) is 0 Å². The highest BCUT2D eigenvalue weighted by molar-refractivity contribution is 4.89. The number of hydrogen-bond acceptors (Lipinski definition) is 3. The summed E-state index contributed by atoms with van der Waals surface area (Å²) in [4.78, 5) is 4.90. The predicted octanol–water partition coefficient (Wildman–Crippen LogP) is 2.24. The van der Waals surface area contributed by atoms with Crippen molar-refractivity contribution in [1.29, 1.82) is 5.26 Å². The summed E-state index contributed by atoms with van der Waals surface area (Å²) >= 11 is 0. The summed E-state index contributed by atoms with van der Waals surface area (Å²) in [5, 5.41) is 8.74. The molecule has 0 aromatic heterocycles. The van der Waals surface area contributed by atoms with Crippen molar-refractivity contribution in [2.45, 2.75) is 57.0 Å². The Morgan fingerprint density at radius 1 is 1.18 bits per heavy atom. The Kier molecular flexibility index (Phi) is 4.82. The van der Waals surface area contributed by atoms with Gasteiger partial charge in [-0.05, 0) is 26.3 Å². The Balaban J connectivity index is 1.82. The van der Waals surface area contributed by atoms with Crippen molar-refractivity contribution >= 4 is 0 Å². The first-order valence-electron chi connectivity index (χ1n) is 7.12. The number of nitrogens with zero attached hydrogens (tertiary/aromatic N) is 3. The third-order valence-electron chi connectivity index (χ3n) is 4.48. The Bertz CT molecular complexity index is 263. The molecule has 1 unspecified atom stereocenters. The van der Waals surface area contributed by atoms with Gasteiger partial charge in [0.25, 0.3) is 0 Å². The van der Waals surface area contributed by atoms with Crippen LogP contribution in [-0.4, -0.2) is 48.6 Å². The second-order valence-electron chi connectivity index (χ2n) is 5.66. The van der Waals surface area contributed by atoms with Gasteiger partial charge in [0.05, 0.1) is 12.6 Å². The summed E-state index contributed by atoms with van der Waals surface area (Å²) in [6, 6.07) is 3.70. The molecule has 17 heavy (non-hydrogen) atoms. The van der Waals surface area contributed by atoms with E-state index in [1.807, 2.05) is 0 Å². The van der Waals surface area contributed by atoms with Gasteiger partial charge in [-0.1, -0.05) is 25.7 Å². The molecule has 0 spiro atoms. The van der Waals surface area contributed by atoms with Crippen molar-refractivity contribution in [3.05, 3.63) is 0 Å². The maximum Gasteiger partial charge on any atom is 0.0866 e. The maximum atomic E-state index is 8.74. The highest BCUT2D eigenvalue weighted by Crippen LogP contribution is 2.26. The Labute approximate surface area is 105 Å². The van der Waals surface area contributed by atoms with Gasteiger partial charge in [-0.2, -0.15) is 5.26 Å². The zero-order valence-electron chi connectivity index (χ0n) is 11.1. The minimum atomic E-state index is 0.573. The highest BCUT2D eigenvalue weighted by Gasteiger charge is 2.30. The molecule has 0 N–H and O–H groups in total. The van der Waals surface area contributed by atoms with Gasteiger partial charge >= 0.3 is 0 Å². The van der Waals surface area contributed by atoms with Crippen LogP contribution in [0.4, 0.5) is 0 Å². The molecule has 0 amide bonds. The van der Waals surface area contributed by atoms with E-state index < -0.39 is 0 Å². The maximum absolute atomic E-state index is 8.74. The van der Waals surface area contributed by atoms with Crippen molar-refractivity contribution in [2.75, 3.05) is 26.7 Å². The van der Waals surface area contributed by atoms with Gasteiger partial charge in [-0.25, -0.2) is 0 Å². The van der Waals surface area contributed by atoms with Crippen LogP contribution in [0.25, 0.3) is 0 Å². The largest absolute Gasteiger partial charge is 0.299 e. The molecule has 0 radical (unpaired) electrons. The summed E-state index contributed by atoms with van der Waals surface area (Å²) in [6.07, 6.45) is 9.74. The smallest absolute Gasteiger partial charge is 0.0866 e. The minimum absolute atomic E-state index is 0.573. The Morgan fingerprint density at radius 2 is 1.88 bits per heavy atom. The molecule has 3 nitrogen and oxygen atoms in total. The fraction of sp³-hybridized carbons (Fsp3) is 0.929. The van der Waals surface area contributed by atoms with E-state index in [0.29, 0.717) is 12.6 Å². The standard InChI is InChI=1S/C14H25N3/c1-16(11-9-15)14-8-10-17(12-14)13-6-4-2-3-5-7-13/h13-14H,2-8,10-12H2,1H3. The Morgan fingerprint density at radius 3 is 2.53 bits per heavy atom. The van der Waals surface area contributed by atoms with E-state index in [-0.39, 0.29) is 0 Å². The first-order chi connectivity index (χ1) is 8.31. The second kappa shape index (κ2) is 6.37. The van der Waals surface area contributed by atoms with Crippen LogP contribution in [0.3, 0.4) is 0 Å². The molecule has 1 aliphatic heterocycles. The lowest BCUT2D eigenvalue weighted by Crippen LogP contribution is -2.38. The second-order valence-corrected chi connectivity index (χ2v) is 5.66. The molecule has 2 rings (SSSR count). The van der Waals surface area contributed by atoms with E-state index in [4.69, 9.17) is 5.26 Å². The molecule has 0 bridgehead atoms. The lowest BCUT2D eigenvalue weighted by atomic mass is 10.1. The van der Waals surface area contributed by atoms with Crippen molar-refractivity contribution in [3.63, 3.8) is 0 Å². The summed E-state index contributed by atoms with van der Waals surface area (Å²) in [5.74, 6) is 0. The molecule has 3 heteroatoms. The van der Waals surface area contributed by atoms with Gasteiger partial charge < -0.3 is 0 Å². The molecule has 1 saturated heterocycles. The molecule has 1 saturated carbocycles. The molecule has 2 fully saturated rings. The van der Waals surface area contributed by atoms with Crippen LogP contribution >= 0.6 is 0 Å². The SMILES string of the molecule is CN(CC#N)C1CCN(C2CCCCCC2)C1. The van der Waals surface area contributed by atoms with E-state index in [9.17, 15) is 0 Å². The van der Waals surface area contributed by atoms with Crippen LogP contribution in [0.15, 0.2) is 0 Å². The van der Waals surface area contributed by atoms with Crippen LogP contribution in [0.2, 0.25) is 0 Å². The molecule has 2 aliphatic rings. The molecule has 1 atom stereocenters. The fourth-order valence-electron chi connectivity index (χ4n) is 3.32. The molecule has 0 aromatic rings. The lowest BCUT2D eigenvalue weighted by Gasteiger charge is -2.28. The molecule has 0 aromatic carbocycles. The molecule has 1 aliphatic carbocycles. The number of rotatable bonds is 3. The first kappa shape index (κ1) is 12.9. The third kappa shape index (κ3) is 3.43. The van der Waals surface area contributed by atoms with Crippen LogP contribution in [0.1, 0.15) is 44.9 Å². The quantitative estimate of drug-likeness (QED) is 0.555. The van der Waals surface area contributed by atoms with Crippen molar-refractivity contribution in [3.8, 4) is 6.07 Å². The van der Waals surface area contributed by atoms with Crippen molar-refractivity contribution < 1.29 is 0 Å². The number of likely N-dealkylation sites (N-methyl/N-ethyl adjacent to an activating group) is 1. The summed E-state index contributed by atoms with van der Waals surface area (Å²) in [7, 11) is 2.09. The molecule has 96 valence electrons. The lowest BCUT2D eigenvalue weighted by molar-refractivity contribution is 0.194. The predicted molar refractivity (Wildman–Crippen MR) is 69.7 cm³/mol. The average molecular weight is 235 g/mol. The minimum Gasteiger partial charge on any atom is -0.299 e. The van der Waals surface area contributed by atoms with E-state index in [1.165, 1.54) is 58.0 Å². The summed E-state index contributed by atoms with van der Waals surface area (Å²) in [6.45, 7) is 3.00. The van der Waals surface area contributed by atoms with Gasteiger partial charge in [0.15, 0.2) is 0 Å². The fourth-order valence-corrected chi connectivity index (χ4v) is 3.32. The van der Waals surface area contributed by atoms with E-state index in [2.05, 4.69) is 22.9 Å². The van der Waals surface area contributed by atoms with Crippen LogP contribution in [0, 0.1) is 11.3 Å². The number of likely N-dealkylation sites (tertiary alicyclic amines) is 1. The number of hydrogen-bond donors (Lipinski definition) is 0. The highest BCUT2D eigenvalue weighted by atomic mass is 15.3. The molecular weight excluding hydrogens is 210 g/mol. The van der Waals surface area contributed by atoms with Gasteiger partial charge in [0, 0.05) is 25.2 Å². The van der Waals surface area contributed by atoms with E-state index >= 15 is 0 Å². The molecule has 1 heterocycles. The topological polar surface area (TPSA) is 30.3 Å². The third-order valence-corrected chi connectivity index (χ3v) is 4.48. The van der Waals surface area contributed by atoms with Gasteiger partial charge in [0.1, 0.15) is 0 Å².